The predicted octanol–water partition coefficient (Wildman–Crippen LogP) is 9.36. The van der Waals surface area contributed by atoms with Gasteiger partial charge in [0.25, 0.3) is 5.91 Å². The third-order valence-corrected chi connectivity index (χ3v) is 8.72. The molecule has 0 aliphatic heterocycles. The normalized spacial score (nSPS) is 11.2. The summed E-state index contributed by atoms with van der Waals surface area (Å²) in [5.74, 6) is -0.798. The van der Waals surface area contributed by atoms with Crippen LogP contribution in [-0.4, -0.2) is 43.7 Å². The Morgan fingerprint density at radius 2 is 1.41 bits per heavy atom. The lowest BCUT2D eigenvalue weighted by Gasteiger charge is -2.16. The van der Waals surface area contributed by atoms with E-state index in [1.807, 2.05) is 24.3 Å². The van der Waals surface area contributed by atoms with Crippen LogP contribution in [0.25, 0.3) is 21.8 Å². The maximum Gasteiger partial charge on any atom is 0.335 e. The van der Waals surface area contributed by atoms with Crippen molar-refractivity contribution in [2.24, 2.45) is 0 Å². The zero-order valence-corrected chi connectivity index (χ0v) is 28.2. The number of phenolic OH excluding ortho intramolecular Hbond substituents is 1. The fraction of sp³-hybridized carbons (Fsp3) is 0.385. The maximum atomic E-state index is 13.6. The van der Waals surface area contributed by atoms with Crippen LogP contribution in [0.2, 0.25) is 0 Å². The molecule has 0 fully saturated rings. The Labute approximate surface area is 287 Å². The van der Waals surface area contributed by atoms with Crippen LogP contribution in [-0.2, 0) is 6.73 Å². The molecule has 0 saturated heterocycles. The average molecular weight is 667 g/mol. The average Bonchev–Trinajstić information content (AvgIpc) is 3.53. The van der Waals surface area contributed by atoms with E-state index < -0.39 is 11.9 Å². The highest BCUT2D eigenvalue weighted by atomic mass is 16.5. The number of rotatable bonds is 20. The number of anilines is 1. The number of aromatic carboxylic acids is 1. The van der Waals surface area contributed by atoms with Crippen LogP contribution in [0.5, 0.6) is 17.2 Å². The number of nitrogens with zero attached hydrogens (tertiary/aromatic N) is 3. The van der Waals surface area contributed by atoms with Gasteiger partial charge in [-0.05, 0) is 42.8 Å². The molecule has 49 heavy (non-hydrogen) atoms. The number of carboxylic acid groups (broad SMARTS) is 1. The standard InChI is InChI=1S/C39H46N4O6/c1-2-3-4-5-6-7-8-9-10-11-12-17-24-48-35-21-16-15-20-32(35)40-38(45)31-26-36(29-18-13-14-19-30(29)37(31)44)49-27-43-34-23-22-28(39(46)47)25-33(34)41-42-43/h13-16,18-23,25-26,44H,2-12,17,24,27H2,1H3,(H,40,45)(H,46,47). The minimum atomic E-state index is -1.05. The number of fused-ring (bicyclic) bond motifs is 2. The van der Waals surface area contributed by atoms with Gasteiger partial charge in [0.15, 0.2) is 6.73 Å². The van der Waals surface area contributed by atoms with Gasteiger partial charge < -0.3 is 25.0 Å². The molecule has 0 radical (unpaired) electrons. The summed E-state index contributed by atoms with van der Waals surface area (Å²) < 4.78 is 13.7. The van der Waals surface area contributed by atoms with Crippen LogP contribution in [0.4, 0.5) is 5.69 Å². The lowest BCUT2D eigenvalue weighted by molar-refractivity contribution is 0.0696. The first kappa shape index (κ1) is 35.2. The van der Waals surface area contributed by atoms with E-state index in [2.05, 4.69) is 22.6 Å². The summed E-state index contributed by atoms with van der Waals surface area (Å²) in [5, 5.41) is 32.6. The van der Waals surface area contributed by atoms with Gasteiger partial charge in [0.1, 0.15) is 22.8 Å². The molecule has 10 nitrogen and oxygen atoms in total. The molecule has 0 unspecified atom stereocenters. The van der Waals surface area contributed by atoms with Crippen molar-refractivity contribution in [3.63, 3.8) is 0 Å². The van der Waals surface area contributed by atoms with E-state index >= 15 is 0 Å². The van der Waals surface area contributed by atoms with Gasteiger partial charge in [0.05, 0.1) is 28.9 Å². The SMILES string of the molecule is CCCCCCCCCCCCCCOc1ccccc1NC(=O)c1cc(OCn2nnc3cc(C(=O)O)ccc32)c2ccccc2c1O. The lowest BCUT2D eigenvalue weighted by Crippen LogP contribution is -2.14. The van der Waals surface area contributed by atoms with Crippen molar-refractivity contribution in [2.45, 2.75) is 90.7 Å². The third-order valence-electron chi connectivity index (χ3n) is 8.72. The molecule has 1 amide bonds. The Morgan fingerprint density at radius 3 is 2.12 bits per heavy atom. The first-order chi connectivity index (χ1) is 24.0. The molecular weight excluding hydrogens is 620 g/mol. The molecule has 0 saturated carbocycles. The highest BCUT2D eigenvalue weighted by Crippen LogP contribution is 2.37. The zero-order valence-electron chi connectivity index (χ0n) is 28.2. The van der Waals surface area contributed by atoms with Gasteiger partial charge >= 0.3 is 5.97 Å². The van der Waals surface area contributed by atoms with Crippen LogP contribution in [0, 0.1) is 0 Å². The van der Waals surface area contributed by atoms with Gasteiger partial charge in [-0.25, -0.2) is 9.48 Å². The second-order valence-electron chi connectivity index (χ2n) is 12.4. The highest BCUT2D eigenvalue weighted by Gasteiger charge is 2.20. The number of benzene rings is 4. The number of hydrogen-bond donors (Lipinski definition) is 3. The number of carboxylic acids is 1. The van der Waals surface area contributed by atoms with Gasteiger partial charge in [-0.1, -0.05) is 119 Å². The molecule has 1 aromatic heterocycles. The molecule has 4 aromatic carbocycles. The largest absolute Gasteiger partial charge is 0.506 e. The summed E-state index contributed by atoms with van der Waals surface area (Å²) in [5.41, 5.74) is 1.66. The van der Waals surface area contributed by atoms with E-state index in [4.69, 9.17) is 9.47 Å². The van der Waals surface area contributed by atoms with Crippen molar-refractivity contribution >= 4 is 39.4 Å². The first-order valence-electron chi connectivity index (χ1n) is 17.4. The maximum absolute atomic E-state index is 13.6. The van der Waals surface area contributed by atoms with Gasteiger partial charge in [-0.15, -0.1) is 5.10 Å². The number of amides is 1. The molecule has 0 bridgehead atoms. The first-order valence-corrected chi connectivity index (χ1v) is 17.4. The number of aromatic hydroxyl groups is 1. The smallest absolute Gasteiger partial charge is 0.335 e. The van der Waals surface area contributed by atoms with Crippen LogP contribution in [0.15, 0.2) is 72.8 Å². The van der Waals surface area contributed by atoms with E-state index in [1.165, 1.54) is 87.1 Å². The van der Waals surface area contributed by atoms with Gasteiger partial charge in [0.2, 0.25) is 0 Å². The van der Waals surface area contributed by atoms with Crippen molar-refractivity contribution < 1.29 is 29.3 Å². The van der Waals surface area contributed by atoms with Gasteiger partial charge in [-0.3, -0.25) is 4.79 Å². The Hall–Kier alpha value is -5.12. The molecular formula is C39H46N4O6. The van der Waals surface area contributed by atoms with E-state index in [9.17, 15) is 19.8 Å². The van der Waals surface area contributed by atoms with E-state index in [-0.39, 0.29) is 23.6 Å². The molecule has 0 atom stereocenters. The van der Waals surface area contributed by atoms with Crippen LogP contribution >= 0.6 is 0 Å². The Kier molecular flexibility index (Phi) is 12.8. The van der Waals surface area contributed by atoms with Crippen molar-refractivity contribution in [2.75, 3.05) is 11.9 Å². The van der Waals surface area contributed by atoms with Gasteiger partial charge in [-0.2, -0.15) is 0 Å². The quantitative estimate of drug-likeness (QED) is 0.0699. The fourth-order valence-corrected chi connectivity index (χ4v) is 5.96. The number of carbonyl (C=O) groups excluding carboxylic acids is 1. The van der Waals surface area contributed by atoms with Crippen molar-refractivity contribution in [3.05, 3.63) is 83.9 Å². The summed E-state index contributed by atoms with van der Waals surface area (Å²) in [6.07, 6.45) is 15.2. The number of carbonyl (C=O) groups is 2. The number of hydrogen-bond acceptors (Lipinski definition) is 7. The topological polar surface area (TPSA) is 136 Å². The monoisotopic (exact) mass is 666 g/mol. The van der Waals surface area contributed by atoms with Crippen molar-refractivity contribution in [1.82, 2.24) is 15.0 Å². The minimum absolute atomic E-state index is 0.0408. The van der Waals surface area contributed by atoms with E-state index in [1.54, 1.807) is 30.3 Å². The number of para-hydroxylation sites is 2. The molecule has 3 N–H and O–H groups in total. The highest BCUT2D eigenvalue weighted by molar-refractivity contribution is 6.11. The van der Waals surface area contributed by atoms with Crippen LogP contribution in [0.3, 0.4) is 0 Å². The summed E-state index contributed by atoms with van der Waals surface area (Å²) in [6.45, 7) is 2.75. The molecule has 0 aliphatic rings. The van der Waals surface area contributed by atoms with Crippen LogP contribution < -0.4 is 14.8 Å². The third kappa shape index (κ3) is 9.49. The van der Waals surface area contributed by atoms with Crippen molar-refractivity contribution in [1.29, 1.82) is 0 Å². The number of phenols is 1. The van der Waals surface area contributed by atoms with Crippen molar-refractivity contribution in [3.8, 4) is 17.2 Å². The second-order valence-corrected chi connectivity index (χ2v) is 12.4. The number of nitrogens with one attached hydrogen (secondary N) is 1. The summed E-state index contributed by atoms with van der Waals surface area (Å²) in [4.78, 5) is 24.9. The van der Waals surface area contributed by atoms with Crippen LogP contribution in [0.1, 0.15) is 105 Å². The van der Waals surface area contributed by atoms with Gasteiger partial charge in [0, 0.05) is 10.8 Å². The Balaban J connectivity index is 1.18. The Morgan fingerprint density at radius 1 is 0.755 bits per heavy atom. The second kappa shape index (κ2) is 17.9. The minimum Gasteiger partial charge on any atom is -0.506 e. The summed E-state index contributed by atoms with van der Waals surface area (Å²) in [7, 11) is 0. The molecule has 258 valence electrons. The molecule has 5 rings (SSSR count). The summed E-state index contributed by atoms with van der Waals surface area (Å²) >= 11 is 0. The zero-order chi connectivity index (χ0) is 34.4. The number of ether oxygens (including phenoxy) is 2. The lowest BCUT2D eigenvalue weighted by atomic mass is 10.0. The van der Waals surface area contributed by atoms with E-state index in [0.29, 0.717) is 45.6 Å². The van der Waals surface area contributed by atoms with E-state index in [0.717, 1.165) is 12.8 Å². The molecule has 1 heterocycles. The molecule has 5 aromatic rings. The summed E-state index contributed by atoms with van der Waals surface area (Å²) in [6, 6.07) is 20.4. The number of unbranched alkanes of at least 4 members (excludes halogenated alkanes) is 11. The molecule has 0 spiro atoms. The Bertz CT molecular complexity index is 1850. The predicted molar refractivity (Wildman–Crippen MR) is 192 cm³/mol. The molecule has 10 heteroatoms. The molecule has 0 aliphatic carbocycles. The fourth-order valence-electron chi connectivity index (χ4n) is 5.96. The number of aromatic nitrogens is 3.